The fourth-order valence-corrected chi connectivity index (χ4v) is 2.83. The molecule has 1 fully saturated rings. The topological polar surface area (TPSA) is 194 Å². The van der Waals surface area contributed by atoms with Crippen LogP contribution in [0.5, 0.6) is 0 Å². The summed E-state index contributed by atoms with van der Waals surface area (Å²) in [7, 11) is 0. The van der Waals surface area contributed by atoms with E-state index in [1.807, 2.05) is 0 Å². The molecule has 0 bridgehead atoms. The Balaban J connectivity index is 2.17. The Kier molecular flexibility index (Phi) is 6.33. The van der Waals surface area contributed by atoms with Crippen molar-refractivity contribution in [3.8, 4) is 0 Å². The van der Waals surface area contributed by atoms with E-state index in [9.17, 15) is 23.6 Å². The number of oxime groups is 1. The maximum absolute atomic E-state index is 13.2. The number of carbonyl (C=O) groups is 4. The number of alkyl halides is 1. The number of amides is 2. The molecule has 0 aliphatic carbocycles. The van der Waals surface area contributed by atoms with E-state index in [2.05, 4.69) is 20.3 Å². The van der Waals surface area contributed by atoms with E-state index in [4.69, 9.17) is 20.8 Å². The number of rotatable bonds is 9. The Labute approximate surface area is 165 Å². The summed E-state index contributed by atoms with van der Waals surface area (Å²) in [5.41, 5.74) is 3.61. The number of nitrogens with zero attached hydrogens (tertiary/aromatic N) is 3. The maximum atomic E-state index is 13.2. The number of carboxylic acids is 2. The molecule has 5 N–H and O–H groups in total. The number of hydrogen-bond acceptors (Lipinski definition) is 10. The van der Waals surface area contributed by atoms with Crippen molar-refractivity contribution in [1.82, 2.24) is 15.4 Å². The van der Waals surface area contributed by atoms with Gasteiger partial charge in [-0.1, -0.05) is 5.16 Å². The first-order valence-corrected chi connectivity index (χ1v) is 8.64. The molecule has 2 atom stereocenters. The van der Waals surface area contributed by atoms with Gasteiger partial charge in [-0.2, -0.15) is 4.39 Å². The van der Waals surface area contributed by atoms with Gasteiger partial charge in [-0.3, -0.25) is 14.4 Å². The van der Waals surface area contributed by atoms with E-state index in [1.54, 1.807) is 0 Å². The van der Waals surface area contributed by atoms with E-state index in [1.165, 1.54) is 19.2 Å². The molecule has 1 aliphatic rings. The van der Waals surface area contributed by atoms with Gasteiger partial charge in [0.2, 0.25) is 0 Å². The van der Waals surface area contributed by atoms with Crippen LogP contribution in [-0.2, 0) is 28.9 Å². The number of aromatic nitrogens is 1. The third-order valence-electron chi connectivity index (χ3n) is 3.68. The number of β-lactam (4-membered cyclic amide) rings is 1. The lowest BCUT2D eigenvalue weighted by Crippen LogP contribution is -2.76. The summed E-state index contributed by atoms with van der Waals surface area (Å²) in [6, 6.07) is -1.15. The molecule has 158 valence electrons. The molecular weight excluding hydrogens is 417 g/mol. The average Bonchev–Trinajstić information content (AvgIpc) is 3.05. The predicted octanol–water partition coefficient (Wildman–Crippen LogP) is -1.05. The molecule has 1 aromatic heterocycles. The van der Waals surface area contributed by atoms with Crippen molar-refractivity contribution in [2.45, 2.75) is 31.8 Å². The molecule has 0 saturated carbocycles. The van der Waals surface area contributed by atoms with Crippen LogP contribution in [0.3, 0.4) is 0 Å². The van der Waals surface area contributed by atoms with Gasteiger partial charge in [0, 0.05) is 5.38 Å². The van der Waals surface area contributed by atoms with Crippen molar-refractivity contribution >= 4 is 45.9 Å². The molecule has 15 heteroatoms. The summed E-state index contributed by atoms with van der Waals surface area (Å²) in [4.78, 5) is 58.7. The SMILES string of the molecule is CC1(C)[C@H](NC(=O)/C(=N\OC(F)C(=O)O)c2csc(N)n2)C(=O)N1OCC(=O)O. The Morgan fingerprint density at radius 1 is 1.48 bits per heavy atom. The lowest BCUT2D eigenvalue weighted by Gasteiger charge is -2.51. The van der Waals surface area contributed by atoms with Crippen LogP contribution in [0.4, 0.5) is 9.52 Å². The molecule has 0 spiro atoms. The number of hydroxylamine groups is 2. The molecule has 1 aromatic rings. The minimum absolute atomic E-state index is 0.0452. The Morgan fingerprint density at radius 2 is 2.14 bits per heavy atom. The van der Waals surface area contributed by atoms with Crippen LogP contribution >= 0.6 is 11.3 Å². The van der Waals surface area contributed by atoms with E-state index in [-0.39, 0.29) is 10.8 Å². The first-order valence-electron chi connectivity index (χ1n) is 7.76. The fraction of sp³-hybridized carbons (Fsp3) is 0.429. The molecule has 1 unspecified atom stereocenters. The van der Waals surface area contributed by atoms with Gasteiger partial charge in [0.05, 0.1) is 5.54 Å². The summed E-state index contributed by atoms with van der Waals surface area (Å²) in [6.07, 6.45) is -2.84. The summed E-state index contributed by atoms with van der Waals surface area (Å²) in [5, 5.41) is 24.8. The Bertz CT molecular complexity index is 872. The zero-order chi connectivity index (χ0) is 21.9. The number of aliphatic carboxylic acids is 2. The van der Waals surface area contributed by atoms with E-state index in [0.717, 1.165) is 16.4 Å². The van der Waals surface area contributed by atoms with Gasteiger partial charge in [-0.25, -0.2) is 19.6 Å². The van der Waals surface area contributed by atoms with Crippen LogP contribution in [-0.4, -0.2) is 74.3 Å². The van der Waals surface area contributed by atoms with Gasteiger partial charge in [0.25, 0.3) is 11.8 Å². The third kappa shape index (κ3) is 4.75. The monoisotopic (exact) mass is 433 g/mol. The number of nitrogens with two attached hydrogens (primary N) is 1. The second-order valence-corrected chi connectivity index (χ2v) is 7.02. The zero-order valence-corrected chi connectivity index (χ0v) is 15.8. The molecule has 0 aromatic carbocycles. The minimum Gasteiger partial charge on any atom is -0.479 e. The van der Waals surface area contributed by atoms with Gasteiger partial charge in [-0.05, 0) is 13.8 Å². The highest BCUT2D eigenvalue weighted by atomic mass is 32.1. The summed E-state index contributed by atoms with van der Waals surface area (Å²) in [6.45, 7) is 2.23. The first-order chi connectivity index (χ1) is 13.4. The third-order valence-corrected chi connectivity index (χ3v) is 4.35. The van der Waals surface area contributed by atoms with Crippen LogP contribution in [0.25, 0.3) is 0 Å². The van der Waals surface area contributed by atoms with E-state index >= 15 is 0 Å². The molecule has 1 saturated heterocycles. The zero-order valence-electron chi connectivity index (χ0n) is 15.0. The molecule has 2 amide bonds. The number of anilines is 1. The van der Waals surface area contributed by atoms with Gasteiger partial charge < -0.3 is 26.1 Å². The average molecular weight is 433 g/mol. The van der Waals surface area contributed by atoms with Gasteiger partial charge >= 0.3 is 18.3 Å². The minimum atomic E-state index is -2.84. The van der Waals surface area contributed by atoms with Crippen molar-refractivity contribution in [1.29, 1.82) is 0 Å². The number of nitrogen functional groups attached to an aromatic ring is 1. The van der Waals surface area contributed by atoms with Gasteiger partial charge in [0.1, 0.15) is 11.7 Å². The van der Waals surface area contributed by atoms with Gasteiger partial charge in [0.15, 0.2) is 17.5 Å². The molecular formula is C14H16FN5O8S. The lowest BCUT2D eigenvalue weighted by molar-refractivity contribution is -0.257. The second-order valence-electron chi connectivity index (χ2n) is 6.13. The number of halogens is 1. The number of hydrogen-bond donors (Lipinski definition) is 4. The van der Waals surface area contributed by atoms with Crippen molar-refractivity contribution in [2.75, 3.05) is 12.3 Å². The molecule has 2 heterocycles. The van der Waals surface area contributed by atoms with Gasteiger partial charge in [-0.15, -0.1) is 11.3 Å². The van der Waals surface area contributed by atoms with Crippen molar-refractivity contribution in [3.05, 3.63) is 11.1 Å². The summed E-state index contributed by atoms with van der Waals surface area (Å²) >= 11 is 0.929. The smallest absolute Gasteiger partial charge is 0.381 e. The second kappa shape index (κ2) is 8.36. The van der Waals surface area contributed by atoms with Crippen molar-refractivity contribution in [3.63, 3.8) is 0 Å². The number of thiazole rings is 1. The normalized spacial score (nSPS) is 19.3. The number of carbonyl (C=O) groups excluding carboxylic acids is 2. The number of carboxylic acid groups (broad SMARTS) is 2. The highest BCUT2D eigenvalue weighted by Gasteiger charge is 2.56. The van der Waals surface area contributed by atoms with Crippen LogP contribution in [0, 0.1) is 0 Å². The van der Waals surface area contributed by atoms with E-state index < -0.39 is 54.0 Å². The highest BCUT2D eigenvalue weighted by Crippen LogP contribution is 2.32. The highest BCUT2D eigenvalue weighted by molar-refractivity contribution is 7.13. The van der Waals surface area contributed by atoms with Crippen molar-refractivity contribution < 1.29 is 43.5 Å². The first kappa shape index (κ1) is 22.0. The standard InChI is InChI=1S/C14H16FN5O8S/c1-14(2)8(11(24)20(14)27-3-6(21)22)18-10(23)7(5-4-29-13(16)17-5)19-28-9(15)12(25)26/h4,8-9H,3H2,1-2H3,(H2,16,17)(H,18,23)(H,21,22)(H,25,26)/b19-7-/t8-,9?/m1/s1. The number of nitrogens with one attached hydrogen (secondary N) is 1. The molecule has 13 nitrogen and oxygen atoms in total. The molecule has 0 radical (unpaired) electrons. The molecule has 29 heavy (non-hydrogen) atoms. The maximum Gasteiger partial charge on any atom is 0.381 e. The predicted molar refractivity (Wildman–Crippen MR) is 93.1 cm³/mol. The quantitative estimate of drug-likeness (QED) is 0.212. The van der Waals surface area contributed by atoms with Crippen LogP contribution in [0.1, 0.15) is 19.5 Å². The van der Waals surface area contributed by atoms with Crippen LogP contribution in [0.15, 0.2) is 10.5 Å². The fourth-order valence-electron chi connectivity index (χ4n) is 2.29. The Morgan fingerprint density at radius 3 is 2.62 bits per heavy atom. The van der Waals surface area contributed by atoms with Crippen LogP contribution < -0.4 is 11.1 Å². The van der Waals surface area contributed by atoms with E-state index in [0.29, 0.717) is 0 Å². The van der Waals surface area contributed by atoms with Crippen LogP contribution in [0.2, 0.25) is 0 Å². The molecule has 2 rings (SSSR count). The Hall–Kier alpha value is -3.33. The lowest BCUT2D eigenvalue weighted by atomic mass is 9.84. The van der Waals surface area contributed by atoms with Crippen molar-refractivity contribution in [2.24, 2.45) is 5.16 Å². The summed E-state index contributed by atoms with van der Waals surface area (Å²) < 4.78 is 13.2. The summed E-state index contributed by atoms with van der Waals surface area (Å²) in [5.74, 6) is -5.03. The molecule has 1 aliphatic heterocycles. The largest absolute Gasteiger partial charge is 0.479 e.